The molecular formula is C42H33ClN4O6. The van der Waals surface area contributed by atoms with Crippen LogP contribution < -0.4 is 19.9 Å². The molecule has 0 bridgehead atoms. The van der Waals surface area contributed by atoms with Crippen LogP contribution in [0.1, 0.15) is 58.1 Å². The van der Waals surface area contributed by atoms with Crippen molar-refractivity contribution < 1.29 is 24.0 Å². The highest BCUT2D eigenvalue weighted by Crippen LogP contribution is 2.50. The fourth-order valence-corrected chi connectivity index (χ4v) is 7.88. The van der Waals surface area contributed by atoms with Crippen LogP contribution in [0.5, 0.6) is 5.75 Å². The van der Waals surface area contributed by atoms with Crippen LogP contribution in [-0.4, -0.2) is 35.9 Å². The van der Waals surface area contributed by atoms with Gasteiger partial charge in [-0.3, -0.25) is 25.0 Å². The molecule has 53 heavy (non-hydrogen) atoms. The molecule has 3 heterocycles. The molecule has 11 heteroatoms. The second-order valence-electron chi connectivity index (χ2n) is 13.3. The number of anilines is 2. The summed E-state index contributed by atoms with van der Waals surface area (Å²) in [7, 11) is 0. The lowest BCUT2D eigenvalue weighted by Gasteiger charge is -2.44. The fraction of sp³-hybridized carbons (Fsp3) is 0.167. The van der Waals surface area contributed by atoms with Gasteiger partial charge in [0.1, 0.15) is 17.9 Å². The van der Waals surface area contributed by atoms with Gasteiger partial charge in [-0.25, -0.2) is 9.69 Å². The first-order chi connectivity index (χ1) is 25.7. The molecule has 10 nitrogen and oxygen atoms in total. The highest BCUT2D eigenvalue weighted by Gasteiger charge is 2.40. The number of non-ortho nitro benzene ring substituents is 1. The van der Waals surface area contributed by atoms with E-state index >= 15 is 0 Å². The predicted octanol–water partition coefficient (Wildman–Crippen LogP) is 8.37. The fourth-order valence-electron chi connectivity index (χ4n) is 7.70. The number of ether oxygens (including phenoxy) is 1. The maximum absolute atomic E-state index is 14.4. The van der Waals surface area contributed by atoms with Crippen LogP contribution in [0.25, 0.3) is 6.08 Å². The Morgan fingerprint density at radius 3 is 2.08 bits per heavy atom. The molecule has 2 atom stereocenters. The zero-order valence-electron chi connectivity index (χ0n) is 28.4. The molecule has 0 aromatic heterocycles. The number of nitrogens with zero attached hydrogens (tertiary/aromatic N) is 3. The second-order valence-corrected chi connectivity index (χ2v) is 13.8. The molecule has 264 valence electrons. The Labute approximate surface area is 310 Å². The third-order valence-corrected chi connectivity index (χ3v) is 10.4. The molecule has 0 spiro atoms. The molecule has 5 aromatic carbocycles. The molecule has 3 aliphatic heterocycles. The average Bonchev–Trinajstić information content (AvgIpc) is 3.17. The normalized spacial score (nSPS) is 18.8. The average molecular weight is 725 g/mol. The Morgan fingerprint density at radius 2 is 1.45 bits per heavy atom. The molecule has 4 amide bonds. The van der Waals surface area contributed by atoms with Crippen LogP contribution in [0.3, 0.4) is 0 Å². The summed E-state index contributed by atoms with van der Waals surface area (Å²) < 4.78 is 6.02. The van der Waals surface area contributed by atoms with E-state index in [4.69, 9.17) is 16.3 Å². The largest absolute Gasteiger partial charge is 0.488 e. The standard InChI is InChI=1S/C42H33ClN4O6/c43-30-14-15-38(53-25-26-8-7-13-31(20-26)47(51)52)29(21-30)22-37-40(48)44-42(50)46(41(37)49)32-23-35-33(27-9-3-1-4-10-27)16-18-45-19-17-34(36(24-32)39(35)45)28-11-5-2-6-12-28/h1-15,20-24,33-34H,16-19,25H2,(H,44,48,50)/b37-22+/t33-,34+. The number of nitrogens with one attached hydrogen (secondary N) is 1. The van der Waals surface area contributed by atoms with Crippen molar-refractivity contribution in [3.8, 4) is 5.75 Å². The van der Waals surface area contributed by atoms with Crippen LogP contribution >= 0.6 is 11.6 Å². The van der Waals surface area contributed by atoms with E-state index in [-0.39, 0.29) is 35.5 Å². The SMILES string of the molecule is O=C1NC(=O)N(c2cc3c4c(c2)[C@H](c2ccccc2)CCN4CC[C@@H]3c2ccccc2)C(=O)/C1=C/c1cc(Cl)ccc1OCc1cccc([N+](=O)[O-])c1. The number of urea groups is 1. The van der Waals surface area contributed by atoms with E-state index in [2.05, 4.69) is 34.5 Å². The van der Waals surface area contributed by atoms with E-state index in [9.17, 15) is 24.5 Å². The number of hydrogen-bond donors (Lipinski definition) is 1. The monoisotopic (exact) mass is 724 g/mol. The van der Waals surface area contributed by atoms with Gasteiger partial charge in [-0.15, -0.1) is 0 Å². The Hall–Kier alpha value is -6.26. The minimum Gasteiger partial charge on any atom is -0.488 e. The van der Waals surface area contributed by atoms with E-state index < -0.39 is 22.8 Å². The van der Waals surface area contributed by atoms with Gasteiger partial charge >= 0.3 is 6.03 Å². The van der Waals surface area contributed by atoms with Crippen molar-refractivity contribution >= 4 is 52.6 Å². The number of amides is 4. The summed E-state index contributed by atoms with van der Waals surface area (Å²) in [5.74, 6) is -1.28. The highest BCUT2D eigenvalue weighted by molar-refractivity contribution is 6.39. The topological polar surface area (TPSA) is 122 Å². The van der Waals surface area contributed by atoms with E-state index in [0.717, 1.165) is 58.8 Å². The summed E-state index contributed by atoms with van der Waals surface area (Å²) >= 11 is 6.36. The quantitative estimate of drug-likeness (QED) is 0.0739. The number of hydrogen-bond acceptors (Lipinski definition) is 7. The zero-order chi connectivity index (χ0) is 36.6. The first kappa shape index (κ1) is 33.9. The molecule has 3 aliphatic rings. The lowest BCUT2D eigenvalue weighted by Crippen LogP contribution is -2.54. The summed E-state index contributed by atoms with van der Waals surface area (Å²) in [6.45, 7) is 1.75. The Balaban J connectivity index is 1.20. The minimum atomic E-state index is -0.851. The van der Waals surface area contributed by atoms with Crippen LogP contribution in [-0.2, 0) is 16.2 Å². The van der Waals surface area contributed by atoms with Crippen molar-refractivity contribution in [1.29, 1.82) is 0 Å². The van der Waals surface area contributed by atoms with Gasteiger partial charge in [0.15, 0.2) is 0 Å². The third-order valence-electron chi connectivity index (χ3n) is 10.1. The zero-order valence-corrected chi connectivity index (χ0v) is 29.2. The Bertz CT molecular complexity index is 2240. The number of carbonyl (C=O) groups is 3. The summed E-state index contributed by atoms with van der Waals surface area (Å²) in [5, 5.41) is 14.0. The minimum absolute atomic E-state index is 0.0235. The molecule has 0 aliphatic carbocycles. The molecule has 1 saturated heterocycles. The second kappa shape index (κ2) is 14.0. The molecule has 1 N–H and O–H groups in total. The van der Waals surface area contributed by atoms with E-state index in [0.29, 0.717) is 21.8 Å². The molecule has 5 aromatic rings. The van der Waals surface area contributed by atoms with Gasteiger partial charge in [-0.05, 0) is 77.1 Å². The van der Waals surface area contributed by atoms with Crippen molar-refractivity contribution in [1.82, 2.24) is 5.32 Å². The predicted molar refractivity (Wildman–Crippen MR) is 202 cm³/mol. The smallest absolute Gasteiger partial charge is 0.335 e. The number of carbonyl (C=O) groups excluding carboxylic acids is 3. The number of halogens is 1. The summed E-state index contributed by atoms with van der Waals surface area (Å²) in [6, 6.07) is 34.3. The van der Waals surface area contributed by atoms with Crippen LogP contribution in [0, 0.1) is 10.1 Å². The van der Waals surface area contributed by atoms with Gasteiger partial charge in [-0.1, -0.05) is 84.4 Å². The Morgan fingerprint density at radius 1 is 0.811 bits per heavy atom. The van der Waals surface area contributed by atoms with Crippen molar-refractivity contribution in [2.45, 2.75) is 31.3 Å². The lowest BCUT2D eigenvalue weighted by atomic mass is 9.76. The van der Waals surface area contributed by atoms with Crippen LogP contribution in [0.15, 0.2) is 121 Å². The molecule has 8 rings (SSSR count). The Kier molecular flexibility index (Phi) is 8.97. The summed E-state index contributed by atoms with van der Waals surface area (Å²) in [5.41, 5.74) is 6.39. The van der Waals surface area contributed by atoms with Crippen LogP contribution in [0.4, 0.5) is 21.9 Å². The maximum Gasteiger partial charge on any atom is 0.335 e. The third kappa shape index (κ3) is 6.53. The molecule has 1 fully saturated rings. The van der Waals surface area contributed by atoms with E-state index in [1.807, 2.05) is 48.5 Å². The number of nitro benzene ring substituents is 1. The molecule has 0 unspecified atom stereocenters. The van der Waals surface area contributed by atoms with Crippen molar-refractivity contribution in [2.75, 3.05) is 22.9 Å². The van der Waals surface area contributed by atoms with Crippen molar-refractivity contribution in [3.63, 3.8) is 0 Å². The number of barbiturate groups is 1. The van der Waals surface area contributed by atoms with Gasteiger partial charge in [0, 0.05) is 53.3 Å². The number of imide groups is 2. The van der Waals surface area contributed by atoms with Gasteiger partial charge in [0.25, 0.3) is 17.5 Å². The van der Waals surface area contributed by atoms with Crippen molar-refractivity contribution in [3.05, 3.63) is 169 Å². The molecule has 0 radical (unpaired) electrons. The van der Waals surface area contributed by atoms with E-state index in [1.54, 1.807) is 30.3 Å². The maximum atomic E-state index is 14.4. The number of nitro groups is 1. The van der Waals surface area contributed by atoms with Gasteiger partial charge < -0.3 is 9.64 Å². The van der Waals surface area contributed by atoms with Crippen molar-refractivity contribution in [2.24, 2.45) is 0 Å². The first-order valence-electron chi connectivity index (χ1n) is 17.3. The summed E-state index contributed by atoms with van der Waals surface area (Å²) in [6.07, 6.45) is 3.09. The molecule has 0 saturated carbocycles. The lowest BCUT2D eigenvalue weighted by molar-refractivity contribution is -0.384. The van der Waals surface area contributed by atoms with Gasteiger partial charge in [0.2, 0.25) is 0 Å². The highest BCUT2D eigenvalue weighted by atomic mass is 35.5. The van der Waals surface area contributed by atoms with Gasteiger partial charge in [0.05, 0.1) is 10.6 Å². The number of rotatable bonds is 8. The van der Waals surface area contributed by atoms with Gasteiger partial charge in [-0.2, -0.15) is 0 Å². The molecular weight excluding hydrogens is 692 g/mol. The van der Waals surface area contributed by atoms with E-state index in [1.165, 1.54) is 18.2 Å². The number of benzene rings is 5. The van der Waals surface area contributed by atoms with Crippen LogP contribution in [0.2, 0.25) is 5.02 Å². The summed E-state index contributed by atoms with van der Waals surface area (Å²) in [4.78, 5) is 55.7. The first-order valence-corrected chi connectivity index (χ1v) is 17.7.